The van der Waals surface area contributed by atoms with Crippen molar-refractivity contribution in [3.8, 4) is 0 Å². The Hall–Kier alpha value is -3.39. The molecule has 0 radical (unpaired) electrons. The second kappa shape index (κ2) is 16.8. The van der Waals surface area contributed by atoms with Crippen molar-refractivity contribution < 1.29 is 86.0 Å². The maximum Gasteiger partial charge on any atom is 0.305 e. The SMILES string of the molecule is CC(=O)OC[C@H]1O[C@@H](OC(C)=O)[C@H](OC(C)=O)[C@@H](O)[C@@H]1O[C@@H]1O[C@H](C(Br)OC(C)=O)[C@@H](OC(C)=O)[C@H](OC(C)=O)[C@H]1OC(C)=O. The van der Waals surface area contributed by atoms with Crippen LogP contribution in [0.5, 0.6) is 0 Å². The highest BCUT2D eigenvalue weighted by atomic mass is 79.9. The Kier molecular flexibility index (Phi) is 14.1. The molecule has 0 spiro atoms. The van der Waals surface area contributed by atoms with E-state index in [4.69, 9.17) is 47.4 Å². The highest BCUT2D eigenvalue weighted by Gasteiger charge is 2.58. The van der Waals surface area contributed by atoms with Crippen LogP contribution in [-0.2, 0) is 80.9 Å². The number of alkyl halides is 1. The van der Waals surface area contributed by atoms with Crippen LogP contribution in [0.1, 0.15) is 48.5 Å². The molecule has 2 rings (SSSR count). The van der Waals surface area contributed by atoms with Gasteiger partial charge in [0.2, 0.25) is 6.29 Å². The van der Waals surface area contributed by atoms with Gasteiger partial charge in [-0.3, -0.25) is 33.6 Å². The van der Waals surface area contributed by atoms with Gasteiger partial charge in [-0.1, -0.05) is 0 Å². The normalized spacial score (nSPS) is 31.8. The molecular weight excluding hydrogens is 680 g/mol. The molecule has 0 aliphatic carbocycles. The summed E-state index contributed by atoms with van der Waals surface area (Å²) in [5.41, 5.74) is 0. The highest BCUT2D eigenvalue weighted by molar-refractivity contribution is 9.09. The predicted octanol–water partition coefficient (Wildman–Crippen LogP) is -0.681. The van der Waals surface area contributed by atoms with Crippen LogP contribution in [0, 0.1) is 0 Å². The van der Waals surface area contributed by atoms with E-state index in [-0.39, 0.29) is 0 Å². The Balaban J connectivity index is 2.65. The summed E-state index contributed by atoms with van der Waals surface area (Å²) >= 11 is 3.12. The van der Waals surface area contributed by atoms with Gasteiger partial charge < -0.3 is 52.5 Å². The Labute approximate surface area is 265 Å². The molecule has 0 aromatic heterocycles. The molecule has 45 heavy (non-hydrogen) atoms. The number of esters is 7. The number of aliphatic hydroxyl groups is 1. The van der Waals surface area contributed by atoms with E-state index in [1.54, 1.807) is 0 Å². The molecule has 2 aliphatic heterocycles. The highest BCUT2D eigenvalue weighted by Crippen LogP contribution is 2.36. The van der Waals surface area contributed by atoms with Crippen molar-refractivity contribution in [1.82, 2.24) is 0 Å². The fraction of sp³-hybridized carbons (Fsp3) is 0.731. The van der Waals surface area contributed by atoms with E-state index in [1.807, 2.05) is 0 Å². The number of rotatable bonds is 11. The number of hydrogen-bond donors (Lipinski definition) is 1. The summed E-state index contributed by atoms with van der Waals surface area (Å²) in [6.07, 6.45) is -16.7. The molecule has 1 N–H and O–H groups in total. The average Bonchev–Trinajstić information content (AvgIpc) is 2.87. The smallest absolute Gasteiger partial charge is 0.305 e. The van der Waals surface area contributed by atoms with Crippen LogP contribution in [0.4, 0.5) is 0 Å². The first-order valence-corrected chi connectivity index (χ1v) is 14.3. The van der Waals surface area contributed by atoms with E-state index in [0.717, 1.165) is 48.5 Å². The maximum atomic E-state index is 12.2. The Morgan fingerprint density at radius 3 is 1.58 bits per heavy atom. The average molecular weight is 715 g/mol. The van der Waals surface area contributed by atoms with Gasteiger partial charge in [0.05, 0.1) is 0 Å². The molecule has 18 nitrogen and oxygen atoms in total. The third-order valence-corrected chi connectivity index (χ3v) is 6.62. The van der Waals surface area contributed by atoms with Crippen molar-refractivity contribution in [1.29, 1.82) is 0 Å². The van der Waals surface area contributed by atoms with E-state index in [9.17, 15) is 38.7 Å². The number of carbonyl (C=O) groups excluding carboxylic acids is 7. The summed E-state index contributed by atoms with van der Waals surface area (Å²) in [5.74, 6) is -6.09. The third kappa shape index (κ3) is 11.2. The topological polar surface area (TPSA) is 232 Å². The van der Waals surface area contributed by atoms with Gasteiger partial charge in [0.15, 0.2) is 35.7 Å². The Bertz CT molecular complexity index is 1130. The number of halogens is 1. The number of hydrogen-bond acceptors (Lipinski definition) is 18. The molecular formula is C26H35BrO18. The fourth-order valence-corrected chi connectivity index (χ4v) is 5.17. The zero-order valence-electron chi connectivity index (χ0n) is 25.3. The summed E-state index contributed by atoms with van der Waals surface area (Å²) < 4.78 is 54.2. The van der Waals surface area contributed by atoms with Crippen LogP contribution in [0.15, 0.2) is 0 Å². The van der Waals surface area contributed by atoms with Gasteiger partial charge in [-0.15, -0.1) is 0 Å². The van der Waals surface area contributed by atoms with Crippen LogP contribution in [-0.4, -0.2) is 120 Å². The fourth-order valence-electron chi connectivity index (χ4n) is 4.48. The minimum Gasteiger partial charge on any atom is -0.463 e. The Morgan fingerprint density at radius 2 is 1.09 bits per heavy atom. The lowest BCUT2D eigenvalue weighted by molar-refractivity contribution is -0.358. The monoisotopic (exact) mass is 714 g/mol. The molecule has 0 bridgehead atoms. The molecule has 1 unspecified atom stereocenters. The second-order valence-corrected chi connectivity index (χ2v) is 10.7. The predicted molar refractivity (Wildman–Crippen MR) is 143 cm³/mol. The summed E-state index contributed by atoms with van der Waals surface area (Å²) in [6.45, 7) is 6.63. The van der Waals surface area contributed by atoms with E-state index in [2.05, 4.69) is 15.9 Å². The maximum absolute atomic E-state index is 12.2. The quantitative estimate of drug-likeness (QED) is 0.159. The van der Waals surface area contributed by atoms with Crippen molar-refractivity contribution in [2.45, 2.75) is 115 Å². The zero-order valence-corrected chi connectivity index (χ0v) is 26.9. The van der Waals surface area contributed by atoms with Crippen molar-refractivity contribution in [3.63, 3.8) is 0 Å². The molecule has 254 valence electrons. The zero-order chi connectivity index (χ0) is 34.2. The van der Waals surface area contributed by atoms with Gasteiger partial charge >= 0.3 is 41.8 Å². The van der Waals surface area contributed by atoms with E-state index >= 15 is 0 Å². The van der Waals surface area contributed by atoms with Crippen molar-refractivity contribution in [2.75, 3.05) is 6.61 Å². The molecule has 2 aliphatic rings. The van der Waals surface area contributed by atoms with Gasteiger partial charge in [0, 0.05) is 48.5 Å². The van der Waals surface area contributed by atoms with Gasteiger partial charge in [0.25, 0.3) is 0 Å². The van der Waals surface area contributed by atoms with E-state index < -0.39 is 115 Å². The standard InChI is InChI=1S/C26H35BrO18/c1-9(28)36-8-16-18(17(35)19(37-10(2)29)25(43-16)42-15(7)34)44-26-23(40-13(5)32)21(39-12(4)31)20(38-11(3)30)22(45-26)24(27)41-14(6)33/h16-26,35H,8H2,1-7H3/t16-,17+,18-,19-,20+,21+,22+,23-,24?,25-,26-/m1/s1. The molecule has 0 aromatic carbocycles. The molecule has 2 fully saturated rings. The molecule has 11 atom stereocenters. The summed E-state index contributed by atoms with van der Waals surface area (Å²) in [5, 5.41) is 9.98. The van der Waals surface area contributed by atoms with Gasteiger partial charge in [-0.25, -0.2) is 0 Å². The first-order valence-electron chi connectivity index (χ1n) is 13.4. The van der Waals surface area contributed by atoms with Gasteiger partial charge in [0.1, 0.15) is 31.0 Å². The first kappa shape index (κ1) is 37.8. The summed E-state index contributed by atoms with van der Waals surface area (Å²) in [6, 6.07) is 0. The van der Waals surface area contributed by atoms with Crippen molar-refractivity contribution in [3.05, 3.63) is 0 Å². The molecule has 2 heterocycles. The van der Waals surface area contributed by atoms with Crippen molar-refractivity contribution in [2.24, 2.45) is 0 Å². The summed E-state index contributed by atoms with van der Waals surface area (Å²) in [7, 11) is 0. The van der Waals surface area contributed by atoms with Crippen LogP contribution in [0.2, 0.25) is 0 Å². The number of ether oxygens (including phenoxy) is 10. The minimum absolute atomic E-state index is 0.603. The van der Waals surface area contributed by atoms with E-state index in [1.165, 1.54) is 0 Å². The molecule has 0 aromatic rings. The minimum atomic E-state index is -1.89. The van der Waals surface area contributed by atoms with Crippen LogP contribution in [0.25, 0.3) is 0 Å². The van der Waals surface area contributed by atoms with Gasteiger partial charge in [-0.05, 0) is 15.9 Å². The molecule has 19 heteroatoms. The first-order chi connectivity index (χ1) is 20.9. The third-order valence-electron chi connectivity index (χ3n) is 5.92. The largest absolute Gasteiger partial charge is 0.463 e. The Morgan fingerprint density at radius 1 is 0.600 bits per heavy atom. The molecule has 0 saturated carbocycles. The number of carbonyl (C=O) groups is 7. The lowest BCUT2D eigenvalue weighted by atomic mass is 9.96. The molecule has 0 amide bonds. The second-order valence-electron chi connectivity index (χ2n) is 9.77. The van der Waals surface area contributed by atoms with Crippen LogP contribution >= 0.6 is 15.9 Å². The van der Waals surface area contributed by atoms with Gasteiger partial charge in [-0.2, -0.15) is 0 Å². The van der Waals surface area contributed by atoms with Crippen LogP contribution in [0.3, 0.4) is 0 Å². The van der Waals surface area contributed by atoms with E-state index in [0.29, 0.717) is 0 Å². The van der Waals surface area contributed by atoms with Crippen molar-refractivity contribution >= 4 is 57.7 Å². The lowest BCUT2D eigenvalue weighted by Gasteiger charge is -2.48. The number of aliphatic hydroxyl groups excluding tert-OH is 1. The van der Waals surface area contributed by atoms with Crippen LogP contribution < -0.4 is 0 Å². The lowest BCUT2D eigenvalue weighted by Crippen LogP contribution is -2.67. The summed E-state index contributed by atoms with van der Waals surface area (Å²) in [4.78, 5) is 83.4. The molecule has 2 saturated heterocycles.